The summed E-state index contributed by atoms with van der Waals surface area (Å²) in [6, 6.07) is 14.0. The van der Waals surface area contributed by atoms with Gasteiger partial charge < -0.3 is 9.64 Å². The maximum atomic E-state index is 15.1. The Hall–Kier alpha value is -2.88. The highest BCUT2D eigenvalue weighted by Gasteiger charge is 2.47. The maximum absolute atomic E-state index is 15.1. The van der Waals surface area contributed by atoms with Gasteiger partial charge in [-0.25, -0.2) is 12.8 Å². The fraction of sp³-hybridized carbons (Fsp3) is 0.385. The average Bonchev–Trinajstić information content (AvgIpc) is 3.71. The molecule has 0 radical (unpaired) electrons. The first-order valence-electron chi connectivity index (χ1n) is 11.9. The Kier molecular flexibility index (Phi) is 5.39. The number of hydrogen-bond acceptors (Lipinski definition) is 5. The van der Waals surface area contributed by atoms with Crippen molar-refractivity contribution in [2.45, 2.75) is 42.2 Å². The van der Waals surface area contributed by atoms with Crippen molar-refractivity contribution in [2.24, 2.45) is 0 Å². The van der Waals surface area contributed by atoms with Crippen molar-refractivity contribution < 1.29 is 22.3 Å². The predicted octanol–water partition coefficient (Wildman–Crippen LogP) is 3.59. The molecule has 3 heterocycles. The summed E-state index contributed by atoms with van der Waals surface area (Å²) >= 11 is 0. The van der Waals surface area contributed by atoms with E-state index in [4.69, 9.17) is 4.74 Å². The van der Waals surface area contributed by atoms with E-state index in [1.54, 1.807) is 12.3 Å². The number of aromatic nitrogens is 1. The summed E-state index contributed by atoms with van der Waals surface area (Å²) in [6.45, 7) is 1.01. The lowest BCUT2D eigenvalue weighted by molar-refractivity contribution is -0.170. The smallest absolute Gasteiger partial charge is 0.248 e. The number of piperidine rings is 1. The second-order valence-corrected chi connectivity index (χ2v) is 11.6. The van der Waals surface area contributed by atoms with Crippen LogP contribution in [0.5, 0.6) is 0 Å². The number of rotatable bonds is 4. The zero-order valence-electron chi connectivity index (χ0n) is 19.2. The molecule has 9 heteroatoms. The number of sulfonamides is 1. The summed E-state index contributed by atoms with van der Waals surface area (Å²) in [6.07, 6.45) is 4.70. The Bertz CT molecular complexity index is 1420. The van der Waals surface area contributed by atoms with Crippen LogP contribution in [0.2, 0.25) is 0 Å². The van der Waals surface area contributed by atoms with Crippen LogP contribution in [0.1, 0.15) is 25.7 Å². The van der Waals surface area contributed by atoms with E-state index in [2.05, 4.69) is 4.98 Å². The molecule has 3 aromatic rings. The summed E-state index contributed by atoms with van der Waals surface area (Å²) in [5.41, 5.74) is 1.63. The quantitative estimate of drug-likeness (QED) is 0.553. The van der Waals surface area contributed by atoms with Crippen LogP contribution in [0.25, 0.3) is 22.0 Å². The first-order valence-corrected chi connectivity index (χ1v) is 13.4. The molecule has 3 aliphatic rings. The molecule has 0 bridgehead atoms. The molecule has 1 saturated carbocycles. The maximum Gasteiger partial charge on any atom is 0.248 e. The zero-order chi connectivity index (χ0) is 24.2. The first-order chi connectivity index (χ1) is 16.8. The van der Waals surface area contributed by atoms with Crippen LogP contribution in [0, 0.1) is 5.82 Å². The molecule has 1 amide bonds. The van der Waals surface area contributed by atoms with Crippen molar-refractivity contribution in [1.82, 2.24) is 14.2 Å². The molecule has 6 rings (SSSR count). The summed E-state index contributed by atoms with van der Waals surface area (Å²) in [7, 11) is -4.00. The number of fused-ring (bicyclic) bond motifs is 1. The minimum atomic E-state index is -4.00. The third kappa shape index (κ3) is 4.11. The number of halogens is 1. The fourth-order valence-electron chi connectivity index (χ4n) is 5.17. The Labute approximate surface area is 203 Å². The molecule has 0 N–H and O–H groups in total. The SMILES string of the molecule is O=C1COC2(CCN(S(=O)(=O)c3ccc(-c4ccc5cccnc5c4)cc3F)CC2)CN1C1CC1. The van der Waals surface area contributed by atoms with E-state index < -0.39 is 21.4 Å². The van der Waals surface area contributed by atoms with Crippen LogP contribution < -0.4 is 0 Å². The van der Waals surface area contributed by atoms with Gasteiger partial charge in [0.05, 0.1) is 17.7 Å². The first kappa shape index (κ1) is 22.6. The van der Waals surface area contributed by atoms with E-state index in [0.29, 0.717) is 31.0 Å². The van der Waals surface area contributed by atoms with E-state index in [1.165, 1.54) is 16.4 Å². The molecule has 35 heavy (non-hydrogen) atoms. The number of pyridine rings is 1. The number of carbonyl (C=O) groups excluding carboxylic acids is 1. The van der Waals surface area contributed by atoms with E-state index in [0.717, 1.165) is 29.3 Å². The molecule has 1 aromatic heterocycles. The molecule has 1 aliphatic carbocycles. The van der Waals surface area contributed by atoms with Gasteiger partial charge in [-0.3, -0.25) is 9.78 Å². The van der Waals surface area contributed by atoms with Gasteiger partial charge in [0.1, 0.15) is 17.3 Å². The normalized spacial score (nSPS) is 21.1. The predicted molar refractivity (Wildman–Crippen MR) is 129 cm³/mol. The van der Waals surface area contributed by atoms with Gasteiger partial charge >= 0.3 is 0 Å². The fourth-order valence-corrected chi connectivity index (χ4v) is 6.66. The Morgan fingerprint density at radius 2 is 1.77 bits per heavy atom. The van der Waals surface area contributed by atoms with Gasteiger partial charge in [0, 0.05) is 30.7 Å². The Morgan fingerprint density at radius 3 is 2.51 bits per heavy atom. The molecule has 2 saturated heterocycles. The monoisotopic (exact) mass is 495 g/mol. The molecule has 182 valence electrons. The second-order valence-electron chi connectivity index (χ2n) is 9.68. The van der Waals surface area contributed by atoms with E-state index in [9.17, 15) is 13.2 Å². The van der Waals surface area contributed by atoms with Gasteiger partial charge in [0.15, 0.2) is 0 Å². The second kappa shape index (κ2) is 8.36. The van der Waals surface area contributed by atoms with Crippen LogP contribution >= 0.6 is 0 Å². The molecule has 1 spiro atoms. The average molecular weight is 496 g/mol. The lowest BCUT2D eigenvalue weighted by Gasteiger charge is -2.46. The summed E-state index contributed by atoms with van der Waals surface area (Å²) < 4.78 is 49.0. The van der Waals surface area contributed by atoms with Crippen molar-refractivity contribution in [3.63, 3.8) is 0 Å². The Balaban J connectivity index is 1.20. The minimum Gasteiger partial charge on any atom is -0.363 e. The van der Waals surface area contributed by atoms with Crippen LogP contribution in [-0.2, 0) is 19.6 Å². The topological polar surface area (TPSA) is 79.8 Å². The van der Waals surface area contributed by atoms with Crippen LogP contribution in [-0.4, -0.2) is 66.4 Å². The molecular formula is C26H26FN3O4S. The van der Waals surface area contributed by atoms with Gasteiger partial charge in [-0.15, -0.1) is 0 Å². The van der Waals surface area contributed by atoms with Crippen molar-refractivity contribution >= 4 is 26.8 Å². The van der Waals surface area contributed by atoms with Crippen molar-refractivity contribution in [3.8, 4) is 11.1 Å². The third-order valence-electron chi connectivity index (χ3n) is 7.39. The van der Waals surface area contributed by atoms with Crippen molar-refractivity contribution in [3.05, 3.63) is 60.5 Å². The largest absolute Gasteiger partial charge is 0.363 e. The number of benzene rings is 2. The number of hydrogen-bond donors (Lipinski definition) is 0. The number of ether oxygens (including phenoxy) is 1. The number of carbonyl (C=O) groups is 1. The molecule has 3 fully saturated rings. The standard InChI is InChI=1S/C26H26FN3O4S/c27-22-14-19(20-4-3-18-2-1-11-28-23(18)15-20)5-8-24(22)35(32,33)29-12-9-26(10-13-29)17-30(21-6-7-21)25(31)16-34-26/h1-5,8,11,14-15,21H,6-7,9-10,12-13,16-17H2. The van der Waals surface area contributed by atoms with Gasteiger partial charge in [-0.05, 0) is 61.1 Å². The number of nitrogens with zero attached hydrogens (tertiary/aromatic N) is 3. The molecular weight excluding hydrogens is 469 g/mol. The van der Waals surface area contributed by atoms with E-state index >= 15 is 4.39 Å². The van der Waals surface area contributed by atoms with Crippen LogP contribution in [0.3, 0.4) is 0 Å². The van der Waals surface area contributed by atoms with E-state index in [1.807, 2.05) is 35.2 Å². The van der Waals surface area contributed by atoms with Crippen molar-refractivity contribution in [2.75, 3.05) is 26.2 Å². The summed E-state index contributed by atoms with van der Waals surface area (Å²) in [5, 5.41) is 0.977. The minimum absolute atomic E-state index is 0.0116. The zero-order valence-corrected chi connectivity index (χ0v) is 20.0. The highest BCUT2D eigenvalue weighted by Crippen LogP contribution is 2.37. The van der Waals surface area contributed by atoms with Gasteiger partial charge in [-0.2, -0.15) is 4.31 Å². The molecule has 2 aliphatic heterocycles. The lowest BCUT2D eigenvalue weighted by Crippen LogP contribution is -2.59. The molecule has 0 atom stereocenters. The van der Waals surface area contributed by atoms with Gasteiger partial charge in [0.25, 0.3) is 0 Å². The molecule has 2 aromatic carbocycles. The molecule has 0 unspecified atom stereocenters. The Morgan fingerprint density at radius 1 is 1.03 bits per heavy atom. The van der Waals surface area contributed by atoms with Gasteiger partial charge in [-0.1, -0.05) is 24.3 Å². The van der Waals surface area contributed by atoms with Crippen LogP contribution in [0.15, 0.2) is 59.6 Å². The van der Waals surface area contributed by atoms with E-state index in [-0.39, 0.29) is 30.5 Å². The van der Waals surface area contributed by atoms with Gasteiger partial charge in [0.2, 0.25) is 15.9 Å². The number of morpholine rings is 1. The highest BCUT2D eigenvalue weighted by molar-refractivity contribution is 7.89. The van der Waals surface area contributed by atoms with Crippen LogP contribution in [0.4, 0.5) is 4.39 Å². The molecule has 7 nitrogen and oxygen atoms in total. The lowest BCUT2D eigenvalue weighted by atomic mass is 9.90. The summed E-state index contributed by atoms with van der Waals surface area (Å²) in [5.74, 6) is -0.763. The summed E-state index contributed by atoms with van der Waals surface area (Å²) in [4.78, 5) is 18.1. The number of amides is 1. The third-order valence-corrected chi connectivity index (χ3v) is 9.32. The highest BCUT2D eigenvalue weighted by atomic mass is 32.2. The van der Waals surface area contributed by atoms with Crippen molar-refractivity contribution in [1.29, 1.82) is 0 Å².